The molecule has 4 rings (SSSR count). The molecule has 3 aromatic rings. The third-order valence-electron chi connectivity index (χ3n) is 9.43. The molecular weight excluding hydrogens is 624 g/mol. The van der Waals surface area contributed by atoms with Gasteiger partial charge in [0.2, 0.25) is 17.7 Å². The monoisotopic (exact) mass is 674 g/mol. The summed E-state index contributed by atoms with van der Waals surface area (Å²) < 4.78 is 11.7. The minimum Gasteiger partial charge on any atom is -0.460 e. The second-order valence-corrected chi connectivity index (χ2v) is 13.2. The van der Waals surface area contributed by atoms with Crippen LogP contribution >= 0.6 is 0 Å². The number of allylic oxidation sites excluding steroid dienone is 1. The molecule has 7 atom stereocenters. The number of rotatable bonds is 6. The fourth-order valence-electron chi connectivity index (χ4n) is 6.35. The molecule has 0 radical (unpaired) electrons. The molecule has 2 heterocycles. The van der Waals surface area contributed by atoms with Crippen molar-refractivity contribution in [1.29, 1.82) is 0 Å². The lowest BCUT2D eigenvalue weighted by atomic mass is 9.95. The Kier molecular flexibility index (Phi) is 12.8. The zero-order valence-corrected chi connectivity index (χ0v) is 29.5. The van der Waals surface area contributed by atoms with Crippen molar-refractivity contribution >= 4 is 34.6 Å². The van der Waals surface area contributed by atoms with Crippen LogP contribution in [0.4, 0.5) is 0 Å². The van der Waals surface area contributed by atoms with E-state index >= 15 is 0 Å². The number of fused-ring (bicyclic) bond motifs is 1. The molecule has 4 N–H and O–H groups in total. The van der Waals surface area contributed by atoms with Gasteiger partial charge in [-0.05, 0) is 56.4 Å². The lowest BCUT2D eigenvalue weighted by molar-refractivity contribution is -0.164. The first-order chi connectivity index (χ1) is 23.3. The molecule has 0 saturated carbocycles. The van der Waals surface area contributed by atoms with Gasteiger partial charge in [-0.25, -0.2) is 4.79 Å². The number of para-hydroxylation sites is 1. The van der Waals surface area contributed by atoms with E-state index in [4.69, 9.17) is 9.47 Å². The fourth-order valence-corrected chi connectivity index (χ4v) is 6.35. The number of aliphatic hydroxyl groups is 1. The van der Waals surface area contributed by atoms with Gasteiger partial charge in [-0.2, -0.15) is 0 Å². The van der Waals surface area contributed by atoms with Gasteiger partial charge in [0, 0.05) is 56.1 Å². The average Bonchev–Trinajstić information content (AvgIpc) is 3.48. The third kappa shape index (κ3) is 9.16. The Morgan fingerprint density at radius 3 is 2.33 bits per heavy atom. The quantitative estimate of drug-likeness (QED) is 0.228. The number of hydrogen-bond donors (Lipinski definition) is 4. The van der Waals surface area contributed by atoms with E-state index < -0.39 is 54.0 Å². The second kappa shape index (κ2) is 16.8. The molecule has 11 heteroatoms. The number of hydrogen-bond acceptors (Lipinski definition) is 7. The Morgan fingerprint density at radius 2 is 1.65 bits per heavy atom. The standard InChI is InChI=1S/C38H50N4O7/c1-22-18-23(2)26(5)49-38(47)34(48-7)33(28-14-12-27(13-15-28)16-17-43)41-36(45)32(20-29-21-39-31-11-9-8-10-30(29)31)42(6)37(46)25(4)40-35(44)24(3)19-22/h8-15,18,21,23-26,32-34,39,43H,16-17,19-20H2,1-7H3,(H,40,44)(H,41,45)/b22-18+. The first-order valence-corrected chi connectivity index (χ1v) is 16.9. The first-order valence-electron chi connectivity index (χ1n) is 16.9. The summed E-state index contributed by atoms with van der Waals surface area (Å²) in [6, 6.07) is 12.0. The molecule has 1 aliphatic rings. The van der Waals surface area contributed by atoms with Crippen LogP contribution in [0.1, 0.15) is 63.8 Å². The van der Waals surface area contributed by atoms with Crippen molar-refractivity contribution < 1.29 is 33.8 Å². The lowest BCUT2D eigenvalue weighted by Crippen LogP contribution is -2.56. The summed E-state index contributed by atoms with van der Waals surface area (Å²) in [4.78, 5) is 60.0. The number of cyclic esters (lactones) is 1. The Balaban J connectivity index is 1.80. The van der Waals surface area contributed by atoms with E-state index in [1.54, 1.807) is 40.0 Å². The van der Waals surface area contributed by atoms with E-state index in [2.05, 4.69) is 15.6 Å². The zero-order valence-electron chi connectivity index (χ0n) is 29.5. The number of likely N-dealkylation sites (N-methyl/N-ethyl adjacent to an activating group) is 1. The molecule has 0 aliphatic carbocycles. The SMILES string of the molecule is COC1C(=O)OC(C)C(C)/C=C(\C)CC(C)C(=O)NC(C)C(=O)N(C)C(Cc2c[nH]c3ccccc23)C(=O)NC1c1ccc(CCO)cc1. The van der Waals surface area contributed by atoms with Crippen molar-refractivity contribution in [3.8, 4) is 0 Å². The van der Waals surface area contributed by atoms with Crippen LogP contribution in [0.2, 0.25) is 0 Å². The molecule has 264 valence electrons. The van der Waals surface area contributed by atoms with Crippen LogP contribution in [0.25, 0.3) is 10.9 Å². The molecule has 0 saturated heterocycles. The highest BCUT2D eigenvalue weighted by Crippen LogP contribution is 2.26. The predicted octanol–water partition coefficient (Wildman–Crippen LogP) is 4.00. The summed E-state index contributed by atoms with van der Waals surface area (Å²) in [5, 5.41) is 16.2. The molecule has 1 aromatic heterocycles. The Morgan fingerprint density at radius 1 is 0.959 bits per heavy atom. The van der Waals surface area contributed by atoms with Gasteiger partial charge in [-0.15, -0.1) is 0 Å². The van der Waals surface area contributed by atoms with Crippen molar-refractivity contribution in [1.82, 2.24) is 20.5 Å². The first kappa shape index (κ1) is 37.3. The largest absolute Gasteiger partial charge is 0.460 e. The van der Waals surface area contributed by atoms with Crippen LogP contribution in [-0.4, -0.2) is 83.7 Å². The number of esters is 1. The van der Waals surface area contributed by atoms with Gasteiger partial charge in [-0.3, -0.25) is 14.4 Å². The number of carbonyl (C=O) groups is 4. The van der Waals surface area contributed by atoms with Gasteiger partial charge < -0.3 is 35.1 Å². The highest BCUT2D eigenvalue weighted by molar-refractivity contribution is 5.93. The van der Waals surface area contributed by atoms with Crippen LogP contribution in [0.3, 0.4) is 0 Å². The van der Waals surface area contributed by atoms with E-state index in [9.17, 15) is 24.3 Å². The molecule has 1 aliphatic heterocycles. The molecule has 2 aromatic carbocycles. The number of methoxy groups -OCH3 is 1. The van der Waals surface area contributed by atoms with Gasteiger partial charge in [-0.1, -0.05) is 68.0 Å². The minimum atomic E-state index is -1.22. The van der Waals surface area contributed by atoms with E-state index in [1.807, 2.05) is 62.5 Å². The number of nitrogens with one attached hydrogen (secondary N) is 3. The van der Waals surface area contributed by atoms with Crippen molar-refractivity contribution in [2.75, 3.05) is 20.8 Å². The topological polar surface area (TPSA) is 150 Å². The normalized spacial score (nSPS) is 27.8. The lowest BCUT2D eigenvalue weighted by Gasteiger charge is -2.33. The Labute approximate surface area is 288 Å². The number of aromatic nitrogens is 1. The number of H-pyrrole nitrogens is 1. The van der Waals surface area contributed by atoms with Crippen molar-refractivity contribution in [3.05, 3.63) is 83.1 Å². The molecule has 49 heavy (non-hydrogen) atoms. The summed E-state index contributed by atoms with van der Waals surface area (Å²) in [5.74, 6) is -2.50. The van der Waals surface area contributed by atoms with E-state index in [-0.39, 0.29) is 24.9 Å². The summed E-state index contributed by atoms with van der Waals surface area (Å²) in [6.45, 7) is 9.04. The number of benzene rings is 2. The minimum absolute atomic E-state index is 0.0236. The Bertz CT molecular complexity index is 1650. The van der Waals surface area contributed by atoms with Crippen LogP contribution in [0, 0.1) is 11.8 Å². The van der Waals surface area contributed by atoms with Crippen molar-refractivity contribution in [2.24, 2.45) is 11.8 Å². The van der Waals surface area contributed by atoms with Gasteiger partial charge in [0.1, 0.15) is 18.2 Å². The molecule has 0 spiro atoms. The van der Waals surface area contributed by atoms with Gasteiger partial charge in [0.25, 0.3) is 0 Å². The Hall–Kier alpha value is -4.48. The number of amides is 3. The van der Waals surface area contributed by atoms with E-state index in [0.29, 0.717) is 18.4 Å². The number of ether oxygens (including phenoxy) is 2. The highest BCUT2D eigenvalue weighted by Gasteiger charge is 2.38. The summed E-state index contributed by atoms with van der Waals surface area (Å²) >= 11 is 0. The maximum atomic E-state index is 14.5. The summed E-state index contributed by atoms with van der Waals surface area (Å²) in [5.41, 5.74) is 4.12. The van der Waals surface area contributed by atoms with Crippen LogP contribution < -0.4 is 10.6 Å². The van der Waals surface area contributed by atoms with Gasteiger partial charge in [0.15, 0.2) is 6.10 Å². The maximum absolute atomic E-state index is 14.5. The van der Waals surface area contributed by atoms with Crippen LogP contribution in [0.5, 0.6) is 0 Å². The average molecular weight is 675 g/mol. The number of carbonyl (C=O) groups excluding carboxylic acids is 4. The van der Waals surface area contributed by atoms with Crippen LogP contribution in [-0.2, 0) is 41.5 Å². The van der Waals surface area contributed by atoms with E-state index in [1.165, 1.54) is 12.0 Å². The highest BCUT2D eigenvalue weighted by atomic mass is 16.6. The van der Waals surface area contributed by atoms with Gasteiger partial charge in [0.05, 0.1) is 6.04 Å². The number of aliphatic hydroxyl groups excluding tert-OH is 1. The maximum Gasteiger partial charge on any atom is 0.338 e. The number of aromatic amines is 1. The molecular formula is C38H50N4O7. The van der Waals surface area contributed by atoms with Crippen molar-refractivity contribution in [3.63, 3.8) is 0 Å². The molecule has 0 bridgehead atoms. The van der Waals surface area contributed by atoms with E-state index in [0.717, 1.165) is 27.6 Å². The number of nitrogens with zero attached hydrogens (tertiary/aromatic N) is 1. The van der Waals surface area contributed by atoms with Gasteiger partial charge >= 0.3 is 5.97 Å². The fraction of sp³-hybridized carbons (Fsp3) is 0.474. The molecule has 11 nitrogen and oxygen atoms in total. The summed E-state index contributed by atoms with van der Waals surface area (Å²) in [7, 11) is 2.93. The molecule has 3 amide bonds. The van der Waals surface area contributed by atoms with Crippen LogP contribution in [0.15, 0.2) is 66.4 Å². The zero-order chi connectivity index (χ0) is 35.8. The smallest absolute Gasteiger partial charge is 0.338 e. The second-order valence-electron chi connectivity index (χ2n) is 13.2. The third-order valence-corrected chi connectivity index (χ3v) is 9.43. The predicted molar refractivity (Wildman–Crippen MR) is 187 cm³/mol. The molecule has 7 unspecified atom stereocenters. The van der Waals surface area contributed by atoms with Crippen molar-refractivity contribution in [2.45, 2.75) is 84.2 Å². The summed E-state index contributed by atoms with van der Waals surface area (Å²) in [6.07, 6.45) is 3.08. The molecule has 0 fully saturated rings.